The monoisotopic (exact) mass is 436 g/mol. The van der Waals surface area contributed by atoms with Crippen LogP contribution in [-0.2, 0) is 20.0 Å². The Morgan fingerprint density at radius 3 is 1.45 bits per heavy atom. The SMILES string of the molecule is COc1ccc(NS(=O)(=O)c2ccc(NS(=O)(=O)c3ccc(F)cc3)cc2)cc1. The maximum Gasteiger partial charge on any atom is 0.261 e. The first-order valence-electron chi connectivity index (χ1n) is 8.25. The van der Waals surface area contributed by atoms with Crippen LogP contribution in [0, 0.1) is 5.82 Å². The Morgan fingerprint density at radius 2 is 1.03 bits per heavy atom. The van der Waals surface area contributed by atoms with E-state index in [2.05, 4.69) is 9.44 Å². The minimum Gasteiger partial charge on any atom is -0.497 e. The highest BCUT2D eigenvalue weighted by Gasteiger charge is 2.17. The van der Waals surface area contributed by atoms with Crippen molar-refractivity contribution in [1.82, 2.24) is 0 Å². The topological polar surface area (TPSA) is 102 Å². The molecule has 0 fully saturated rings. The van der Waals surface area contributed by atoms with Crippen molar-refractivity contribution in [3.8, 4) is 5.75 Å². The van der Waals surface area contributed by atoms with Gasteiger partial charge in [0, 0.05) is 11.4 Å². The number of rotatable bonds is 7. The number of sulfonamides is 2. The van der Waals surface area contributed by atoms with Gasteiger partial charge in [-0.3, -0.25) is 9.44 Å². The summed E-state index contributed by atoms with van der Waals surface area (Å²) in [4.78, 5) is -0.158. The predicted molar refractivity (Wildman–Crippen MR) is 107 cm³/mol. The molecular weight excluding hydrogens is 419 g/mol. The highest BCUT2D eigenvalue weighted by atomic mass is 32.2. The molecule has 0 aromatic heterocycles. The molecule has 0 aliphatic rings. The van der Waals surface area contributed by atoms with Crippen LogP contribution in [0.25, 0.3) is 0 Å². The van der Waals surface area contributed by atoms with Crippen LogP contribution in [0.3, 0.4) is 0 Å². The van der Waals surface area contributed by atoms with Crippen molar-refractivity contribution in [2.75, 3.05) is 16.6 Å². The highest BCUT2D eigenvalue weighted by molar-refractivity contribution is 7.93. The summed E-state index contributed by atoms with van der Waals surface area (Å²) < 4.78 is 72.3. The zero-order chi connectivity index (χ0) is 21.1. The van der Waals surface area contributed by atoms with E-state index in [-0.39, 0.29) is 15.5 Å². The fourth-order valence-electron chi connectivity index (χ4n) is 2.40. The fourth-order valence-corrected chi connectivity index (χ4v) is 4.52. The lowest BCUT2D eigenvalue weighted by Crippen LogP contribution is -2.14. The molecule has 152 valence electrons. The summed E-state index contributed by atoms with van der Waals surface area (Å²) in [6, 6.07) is 15.9. The number of anilines is 2. The van der Waals surface area contributed by atoms with E-state index in [1.54, 1.807) is 24.3 Å². The summed E-state index contributed by atoms with van der Waals surface area (Å²) in [6.45, 7) is 0. The molecule has 0 unspecified atom stereocenters. The van der Waals surface area contributed by atoms with Crippen LogP contribution in [0.15, 0.2) is 82.6 Å². The van der Waals surface area contributed by atoms with Gasteiger partial charge in [0.1, 0.15) is 11.6 Å². The number of hydrogen-bond donors (Lipinski definition) is 2. The van der Waals surface area contributed by atoms with Crippen molar-refractivity contribution in [1.29, 1.82) is 0 Å². The van der Waals surface area contributed by atoms with Crippen LogP contribution in [0.5, 0.6) is 5.75 Å². The summed E-state index contributed by atoms with van der Waals surface area (Å²) >= 11 is 0. The molecule has 0 saturated heterocycles. The number of ether oxygens (including phenoxy) is 1. The lowest BCUT2D eigenvalue weighted by atomic mass is 10.3. The van der Waals surface area contributed by atoms with Crippen molar-refractivity contribution in [3.63, 3.8) is 0 Å². The van der Waals surface area contributed by atoms with Crippen LogP contribution in [0.1, 0.15) is 0 Å². The van der Waals surface area contributed by atoms with E-state index in [9.17, 15) is 21.2 Å². The fraction of sp³-hybridized carbons (Fsp3) is 0.0526. The molecule has 0 aliphatic carbocycles. The Morgan fingerprint density at radius 1 is 0.655 bits per heavy atom. The van der Waals surface area contributed by atoms with Gasteiger partial charge in [-0.25, -0.2) is 21.2 Å². The number of methoxy groups -OCH3 is 1. The molecule has 3 aromatic carbocycles. The largest absolute Gasteiger partial charge is 0.497 e. The van der Waals surface area contributed by atoms with E-state index in [1.165, 1.54) is 31.4 Å². The number of benzene rings is 3. The lowest BCUT2D eigenvalue weighted by molar-refractivity contribution is 0.415. The average Bonchev–Trinajstić information content (AvgIpc) is 2.69. The summed E-state index contributed by atoms with van der Waals surface area (Å²) in [7, 11) is -6.28. The normalized spacial score (nSPS) is 11.7. The second-order valence-electron chi connectivity index (χ2n) is 5.92. The molecule has 10 heteroatoms. The summed E-state index contributed by atoms with van der Waals surface area (Å²) in [5.74, 6) is 0.0357. The van der Waals surface area contributed by atoms with E-state index in [0.717, 1.165) is 24.3 Å². The minimum atomic E-state index is -3.93. The van der Waals surface area contributed by atoms with E-state index in [1.807, 2.05) is 0 Å². The van der Waals surface area contributed by atoms with Gasteiger partial charge in [-0.1, -0.05) is 0 Å². The average molecular weight is 436 g/mol. The predicted octanol–water partition coefficient (Wildman–Crippen LogP) is 3.44. The molecule has 7 nitrogen and oxygen atoms in total. The van der Waals surface area contributed by atoms with Crippen LogP contribution in [0.4, 0.5) is 15.8 Å². The molecule has 0 amide bonds. The molecule has 29 heavy (non-hydrogen) atoms. The van der Waals surface area contributed by atoms with Gasteiger partial charge in [0.25, 0.3) is 20.0 Å². The molecular formula is C19H17FN2O5S2. The third-order valence-corrected chi connectivity index (χ3v) is 6.68. The molecule has 0 heterocycles. The van der Waals surface area contributed by atoms with Crippen molar-refractivity contribution < 1.29 is 26.0 Å². The standard InChI is InChI=1S/C19H17FN2O5S2/c1-27-17-8-4-15(5-9-17)21-29(25,26)19-12-6-16(7-13-19)22-28(23,24)18-10-2-14(20)3-11-18/h2-13,21-22H,1H3. The zero-order valence-electron chi connectivity index (χ0n) is 15.2. The molecule has 3 rings (SSSR count). The zero-order valence-corrected chi connectivity index (χ0v) is 16.8. The Kier molecular flexibility index (Phi) is 5.76. The van der Waals surface area contributed by atoms with Crippen molar-refractivity contribution in [2.45, 2.75) is 9.79 Å². The first kappa shape index (κ1) is 20.6. The Balaban J connectivity index is 1.75. The van der Waals surface area contributed by atoms with Gasteiger partial charge in [-0.2, -0.15) is 0 Å². The second-order valence-corrected chi connectivity index (χ2v) is 9.28. The highest BCUT2D eigenvalue weighted by Crippen LogP contribution is 2.22. The maximum atomic E-state index is 13.0. The van der Waals surface area contributed by atoms with Gasteiger partial charge in [-0.15, -0.1) is 0 Å². The number of halogens is 1. The van der Waals surface area contributed by atoms with E-state index in [0.29, 0.717) is 11.4 Å². The third-order valence-electron chi connectivity index (χ3n) is 3.88. The maximum absolute atomic E-state index is 13.0. The quantitative estimate of drug-likeness (QED) is 0.591. The number of hydrogen-bond acceptors (Lipinski definition) is 5. The Hall–Kier alpha value is -3.11. The van der Waals surface area contributed by atoms with Gasteiger partial charge in [0.2, 0.25) is 0 Å². The van der Waals surface area contributed by atoms with E-state index >= 15 is 0 Å². The first-order valence-corrected chi connectivity index (χ1v) is 11.2. The van der Waals surface area contributed by atoms with E-state index < -0.39 is 25.9 Å². The molecule has 0 aliphatic heterocycles. The summed E-state index contributed by atoms with van der Waals surface area (Å²) in [5.41, 5.74) is 0.518. The Bertz CT molecular complexity index is 1190. The van der Waals surface area contributed by atoms with Crippen LogP contribution in [-0.4, -0.2) is 23.9 Å². The second kappa shape index (κ2) is 8.10. The van der Waals surface area contributed by atoms with E-state index in [4.69, 9.17) is 4.74 Å². The third kappa shape index (κ3) is 5.04. The van der Waals surface area contributed by atoms with Crippen LogP contribution in [0.2, 0.25) is 0 Å². The molecule has 0 atom stereocenters. The van der Waals surface area contributed by atoms with Gasteiger partial charge in [0.05, 0.1) is 16.9 Å². The molecule has 0 radical (unpaired) electrons. The van der Waals surface area contributed by atoms with Crippen molar-refractivity contribution in [3.05, 3.63) is 78.6 Å². The van der Waals surface area contributed by atoms with Crippen molar-refractivity contribution >= 4 is 31.4 Å². The van der Waals surface area contributed by atoms with Gasteiger partial charge >= 0.3 is 0 Å². The van der Waals surface area contributed by atoms with Crippen LogP contribution >= 0.6 is 0 Å². The summed E-state index contributed by atoms with van der Waals surface area (Å²) in [5, 5.41) is 0. The number of nitrogens with one attached hydrogen (secondary N) is 2. The minimum absolute atomic E-state index is 0.0435. The van der Waals surface area contributed by atoms with Gasteiger partial charge in [0.15, 0.2) is 0 Å². The van der Waals surface area contributed by atoms with Gasteiger partial charge in [-0.05, 0) is 72.8 Å². The molecule has 0 bridgehead atoms. The molecule has 2 N–H and O–H groups in total. The van der Waals surface area contributed by atoms with Crippen molar-refractivity contribution in [2.24, 2.45) is 0 Å². The first-order chi connectivity index (χ1) is 13.7. The molecule has 0 saturated carbocycles. The Labute approximate surface area is 168 Å². The van der Waals surface area contributed by atoms with Gasteiger partial charge < -0.3 is 4.74 Å². The molecule has 0 spiro atoms. The molecule has 3 aromatic rings. The lowest BCUT2D eigenvalue weighted by Gasteiger charge is -2.11. The smallest absolute Gasteiger partial charge is 0.261 e. The summed E-state index contributed by atoms with van der Waals surface area (Å²) in [6.07, 6.45) is 0. The van der Waals surface area contributed by atoms with Crippen LogP contribution < -0.4 is 14.2 Å².